The second kappa shape index (κ2) is 8.14. The fraction of sp³-hybridized carbons (Fsp3) is 0.174. The predicted octanol–water partition coefficient (Wildman–Crippen LogP) is 3.64. The molecule has 3 amide bonds. The summed E-state index contributed by atoms with van der Waals surface area (Å²) in [6, 6.07) is 12.7. The average molecular weight is 389 g/mol. The summed E-state index contributed by atoms with van der Waals surface area (Å²) in [5.74, 6) is -0.956. The molecule has 0 saturated carbocycles. The lowest BCUT2D eigenvalue weighted by atomic mass is 10.0. The molecule has 2 aromatic carbocycles. The third kappa shape index (κ3) is 4.27. The number of carbonyl (C=O) groups excluding carboxylic acids is 3. The number of hydrogen-bond acceptors (Lipinski definition) is 4. The number of nitrogens with one attached hydrogen (secondary N) is 2. The van der Waals surface area contributed by atoms with E-state index in [1.807, 2.05) is 32.0 Å². The summed E-state index contributed by atoms with van der Waals surface area (Å²) in [7, 11) is 0. The van der Waals surface area contributed by atoms with E-state index in [-0.39, 0.29) is 24.1 Å². The quantitative estimate of drug-likeness (QED) is 0.584. The molecule has 0 aliphatic carbocycles. The molecule has 1 heterocycles. The molecular formula is C23H23N3O3. The summed E-state index contributed by atoms with van der Waals surface area (Å²) in [5.41, 5.74) is 4.58. The van der Waals surface area contributed by atoms with Crippen LogP contribution in [-0.2, 0) is 14.4 Å². The molecule has 0 unspecified atom stereocenters. The number of rotatable bonds is 6. The van der Waals surface area contributed by atoms with Crippen LogP contribution in [0.4, 0.5) is 11.4 Å². The van der Waals surface area contributed by atoms with E-state index in [1.165, 1.54) is 13.0 Å². The minimum absolute atomic E-state index is 0.128. The zero-order chi connectivity index (χ0) is 21.1. The van der Waals surface area contributed by atoms with Crippen LogP contribution >= 0.6 is 0 Å². The van der Waals surface area contributed by atoms with Gasteiger partial charge < -0.3 is 10.6 Å². The van der Waals surface area contributed by atoms with Crippen molar-refractivity contribution in [1.82, 2.24) is 4.90 Å². The highest BCUT2D eigenvalue weighted by Crippen LogP contribution is 2.31. The zero-order valence-electron chi connectivity index (χ0n) is 16.7. The highest BCUT2D eigenvalue weighted by atomic mass is 16.2. The third-order valence-corrected chi connectivity index (χ3v) is 4.46. The van der Waals surface area contributed by atoms with Gasteiger partial charge in [0, 0.05) is 24.8 Å². The Balaban J connectivity index is 2.05. The first kappa shape index (κ1) is 20.1. The number of aryl methyl sites for hydroxylation is 2. The van der Waals surface area contributed by atoms with E-state index in [0.717, 1.165) is 21.7 Å². The predicted molar refractivity (Wildman–Crippen MR) is 114 cm³/mol. The molecule has 1 aliphatic rings. The van der Waals surface area contributed by atoms with Gasteiger partial charge in [-0.2, -0.15) is 0 Å². The van der Waals surface area contributed by atoms with Crippen LogP contribution in [0, 0.1) is 13.8 Å². The summed E-state index contributed by atoms with van der Waals surface area (Å²) in [6.07, 6.45) is 1.52. The summed E-state index contributed by atoms with van der Waals surface area (Å²) < 4.78 is 0. The van der Waals surface area contributed by atoms with E-state index in [2.05, 4.69) is 17.2 Å². The summed E-state index contributed by atoms with van der Waals surface area (Å²) in [6.45, 7) is 9.13. The maximum Gasteiger partial charge on any atom is 0.278 e. The van der Waals surface area contributed by atoms with Crippen LogP contribution in [0.25, 0.3) is 5.57 Å². The van der Waals surface area contributed by atoms with E-state index in [4.69, 9.17) is 0 Å². The molecule has 0 bridgehead atoms. The van der Waals surface area contributed by atoms with Gasteiger partial charge in [0.25, 0.3) is 11.8 Å². The van der Waals surface area contributed by atoms with E-state index in [9.17, 15) is 14.4 Å². The van der Waals surface area contributed by atoms with Crippen LogP contribution < -0.4 is 10.6 Å². The molecule has 29 heavy (non-hydrogen) atoms. The lowest BCUT2D eigenvalue weighted by Crippen LogP contribution is -2.32. The Kier molecular flexibility index (Phi) is 5.64. The Morgan fingerprint density at radius 1 is 1.00 bits per heavy atom. The summed E-state index contributed by atoms with van der Waals surface area (Å²) in [5, 5.41) is 5.84. The van der Waals surface area contributed by atoms with Crippen molar-refractivity contribution in [3.8, 4) is 0 Å². The van der Waals surface area contributed by atoms with Gasteiger partial charge in [0.2, 0.25) is 5.91 Å². The SMILES string of the molecule is C=CCN1C(=O)C(Nc2cc(C)cc(C)c2)=C(c2ccc(NC(C)=O)cc2)C1=O. The first-order valence-corrected chi connectivity index (χ1v) is 9.25. The van der Waals surface area contributed by atoms with Crippen molar-refractivity contribution in [2.45, 2.75) is 20.8 Å². The molecule has 0 spiro atoms. The largest absolute Gasteiger partial charge is 0.350 e. The van der Waals surface area contributed by atoms with Crippen molar-refractivity contribution >= 4 is 34.7 Å². The number of nitrogens with zero attached hydrogens (tertiary/aromatic N) is 1. The van der Waals surface area contributed by atoms with Crippen molar-refractivity contribution < 1.29 is 14.4 Å². The van der Waals surface area contributed by atoms with Crippen LogP contribution in [0.15, 0.2) is 60.8 Å². The first-order chi connectivity index (χ1) is 13.8. The number of benzene rings is 2. The van der Waals surface area contributed by atoms with Gasteiger partial charge >= 0.3 is 0 Å². The molecule has 0 atom stereocenters. The number of anilines is 2. The monoisotopic (exact) mass is 389 g/mol. The van der Waals surface area contributed by atoms with Crippen LogP contribution in [0.1, 0.15) is 23.6 Å². The Morgan fingerprint density at radius 3 is 2.17 bits per heavy atom. The Bertz CT molecular complexity index is 1020. The number of amides is 3. The molecule has 0 saturated heterocycles. The van der Waals surface area contributed by atoms with Crippen LogP contribution in [0.5, 0.6) is 0 Å². The second-order valence-corrected chi connectivity index (χ2v) is 7.02. The van der Waals surface area contributed by atoms with Gasteiger partial charge in [-0.15, -0.1) is 6.58 Å². The zero-order valence-corrected chi connectivity index (χ0v) is 16.7. The smallest absolute Gasteiger partial charge is 0.278 e. The Labute approximate surface area is 169 Å². The lowest BCUT2D eigenvalue weighted by molar-refractivity contribution is -0.136. The molecular weight excluding hydrogens is 366 g/mol. The topological polar surface area (TPSA) is 78.5 Å². The van der Waals surface area contributed by atoms with Crippen molar-refractivity contribution in [3.05, 3.63) is 77.5 Å². The van der Waals surface area contributed by atoms with Crippen LogP contribution in [0.3, 0.4) is 0 Å². The maximum absolute atomic E-state index is 13.0. The van der Waals surface area contributed by atoms with Gasteiger partial charge in [0.05, 0.1) is 5.57 Å². The number of hydrogen-bond donors (Lipinski definition) is 2. The lowest BCUT2D eigenvalue weighted by Gasteiger charge is -2.13. The van der Waals surface area contributed by atoms with Crippen molar-refractivity contribution in [2.75, 3.05) is 17.2 Å². The minimum atomic E-state index is -0.394. The molecule has 1 aliphatic heterocycles. The molecule has 2 aromatic rings. The minimum Gasteiger partial charge on any atom is -0.350 e. The fourth-order valence-corrected chi connectivity index (χ4v) is 3.37. The standard InChI is InChI=1S/C23H23N3O3/c1-5-10-26-22(28)20(17-6-8-18(9-7-17)24-16(4)27)21(23(26)29)25-19-12-14(2)11-15(3)13-19/h5-9,11-13,25H,1,10H2,2-4H3,(H,24,27). The van der Waals surface area contributed by atoms with E-state index >= 15 is 0 Å². The van der Waals surface area contributed by atoms with Gasteiger partial charge in [-0.25, -0.2) is 0 Å². The Morgan fingerprint density at radius 2 is 1.62 bits per heavy atom. The molecule has 3 rings (SSSR count). The third-order valence-electron chi connectivity index (χ3n) is 4.46. The van der Waals surface area contributed by atoms with Crippen LogP contribution in [-0.4, -0.2) is 29.2 Å². The van der Waals surface area contributed by atoms with Gasteiger partial charge in [-0.05, 0) is 54.8 Å². The normalized spacial score (nSPS) is 13.7. The van der Waals surface area contributed by atoms with Crippen molar-refractivity contribution in [1.29, 1.82) is 0 Å². The second-order valence-electron chi connectivity index (χ2n) is 7.02. The van der Waals surface area contributed by atoms with E-state index in [1.54, 1.807) is 24.3 Å². The van der Waals surface area contributed by atoms with Gasteiger partial charge in [-0.1, -0.05) is 24.3 Å². The highest BCUT2D eigenvalue weighted by Gasteiger charge is 2.38. The summed E-state index contributed by atoms with van der Waals surface area (Å²) >= 11 is 0. The highest BCUT2D eigenvalue weighted by molar-refractivity contribution is 6.36. The maximum atomic E-state index is 13.0. The van der Waals surface area contributed by atoms with Crippen LogP contribution in [0.2, 0.25) is 0 Å². The number of imide groups is 1. The van der Waals surface area contributed by atoms with E-state index < -0.39 is 5.91 Å². The molecule has 0 fully saturated rings. The fourth-order valence-electron chi connectivity index (χ4n) is 3.37. The molecule has 148 valence electrons. The van der Waals surface area contributed by atoms with Gasteiger partial charge in [-0.3, -0.25) is 19.3 Å². The molecule has 6 nitrogen and oxygen atoms in total. The van der Waals surface area contributed by atoms with Gasteiger partial charge in [0.15, 0.2) is 0 Å². The molecule has 2 N–H and O–H groups in total. The molecule has 6 heteroatoms. The van der Waals surface area contributed by atoms with Crippen molar-refractivity contribution in [2.24, 2.45) is 0 Å². The Hall–Kier alpha value is -3.67. The molecule has 0 aromatic heterocycles. The van der Waals surface area contributed by atoms with E-state index in [0.29, 0.717) is 16.8 Å². The average Bonchev–Trinajstić information content (AvgIpc) is 2.86. The van der Waals surface area contributed by atoms with Crippen molar-refractivity contribution in [3.63, 3.8) is 0 Å². The first-order valence-electron chi connectivity index (χ1n) is 9.25. The van der Waals surface area contributed by atoms with Gasteiger partial charge in [0.1, 0.15) is 5.70 Å². The summed E-state index contributed by atoms with van der Waals surface area (Å²) in [4.78, 5) is 38.3. The number of carbonyl (C=O) groups is 3. The molecule has 0 radical (unpaired) electrons.